The zero-order valence-electron chi connectivity index (χ0n) is 10.4. The summed E-state index contributed by atoms with van der Waals surface area (Å²) in [6.45, 7) is 0. The lowest BCUT2D eigenvalue weighted by Crippen LogP contribution is -2.07. The number of pyridine rings is 1. The number of anilines is 1. The van der Waals surface area contributed by atoms with Crippen molar-refractivity contribution in [2.75, 3.05) is 12.8 Å². The summed E-state index contributed by atoms with van der Waals surface area (Å²) in [5, 5.41) is 0.575. The van der Waals surface area contributed by atoms with Crippen molar-refractivity contribution in [3.05, 3.63) is 46.1 Å². The van der Waals surface area contributed by atoms with Gasteiger partial charge < -0.3 is 15.2 Å². The summed E-state index contributed by atoms with van der Waals surface area (Å²) >= 11 is 11.9. The number of halogens is 2. The Bertz CT molecular complexity index is 662. The van der Waals surface area contributed by atoms with Crippen LogP contribution in [0.15, 0.2) is 30.5 Å². The summed E-state index contributed by atoms with van der Waals surface area (Å²) < 4.78 is 10.1. The fraction of sp³-hybridized carbons (Fsp3) is 0.0769. The minimum absolute atomic E-state index is 0.0528. The lowest BCUT2D eigenvalue weighted by atomic mass is 10.2. The first-order valence-corrected chi connectivity index (χ1v) is 6.25. The first-order chi connectivity index (χ1) is 9.54. The minimum Gasteiger partial charge on any atom is -0.465 e. The van der Waals surface area contributed by atoms with Gasteiger partial charge in [-0.3, -0.25) is 0 Å². The maximum atomic E-state index is 11.5. The first kappa shape index (κ1) is 14.4. The first-order valence-electron chi connectivity index (χ1n) is 5.49. The summed E-state index contributed by atoms with van der Waals surface area (Å²) in [7, 11) is 1.26. The van der Waals surface area contributed by atoms with Gasteiger partial charge in [0, 0.05) is 6.20 Å². The van der Waals surface area contributed by atoms with Crippen LogP contribution >= 0.6 is 23.2 Å². The minimum atomic E-state index is -0.577. The molecule has 0 saturated carbocycles. The predicted octanol–water partition coefficient (Wildman–Crippen LogP) is 3.55. The summed E-state index contributed by atoms with van der Waals surface area (Å²) in [5.74, 6) is -0.232. The number of nitrogens with zero attached hydrogens (tertiary/aromatic N) is 1. The zero-order valence-corrected chi connectivity index (χ0v) is 11.9. The van der Waals surface area contributed by atoms with E-state index in [0.717, 1.165) is 0 Å². The van der Waals surface area contributed by atoms with Gasteiger partial charge in [0.1, 0.15) is 16.5 Å². The van der Waals surface area contributed by atoms with Crippen molar-refractivity contribution in [3.8, 4) is 11.6 Å². The molecule has 0 saturated heterocycles. The molecule has 0 aliphatic heterocycles. The van der Waals surface area contributed by atoms with Crippen molar-refractivity contribution in [1.29, 1.82) is 0 Å². The van der Waals surface area contributed by atoms with Crippen molar-refractivity contribution in [2.24, 2.45) is 0 Å². The molecule has 0 unspecified atom stereocenters. The van der Waals surface area contributed by atoms with Gasteiger partial charge in [-0.1, -0.05) is 29.3 Å². The van der Waals surface area contributed by atoms with E-state index in [-0.39, 0.29) is 22.2 Å². The number of aromatic nitrogens is 1. The summed E-state index contributed by atoms with van der Waals surface area (Å²) in [4.78, 5) is 15.5. The highest BCUT2D eigenvalue weighted by molar-refractivity contribution is 6.42. The van der Waals surface area contributed by atoms with Gasteiger partial charge in [0.05, 0.1) is 17.7 Å². The molecule has 0 amide bonds. The van der Waals surface area contributed by atoms with E-state index in [1.54, 1.807) is 18.2 Å². The molecule has 1 aromatic heterocycles. The highest BCUT2D eigenvalue weighted by Crippen LogP contribution is 2.36. The SMILES string of the molecule is COC(=O)c1ccnc(Oc2cccc(Cl)c2Cl)c1N. The molecule has 2 N–H and O–H groups in total. The van der Waals surface area contributed by atoms with Crippen molar-refractivity contribution in [3.63, 3.8) is 0 Å². The van der Waals surface area contributed by atoms with E-state index in [1.807, 2.05) is 0 Å². The predicted molar refractivity (Wildman–Crippen MR) is 76.5 cm³/mol. The Morgan fingerprint density at radius 2 is 2.05 bits per heavy atom. The Labute approximate surface area is 125 Å². The Morgan fingerprint density at radius 1 is 1.30 bits per heavy atom. The number of hydrogen-bond acceptors (Lipinski definition) is 5. The van der Waals surface area contributed by atoms with Crippen LogP contribution in [0.4, 0.5) is 5.69 Å². The Balaban J connectivity index is 2.39. The van der Waals surface area contributed by atoms with Crippen LogP contribution in [0.3, 0.4) is 0 Å². The van der Waals surface area contributed by atoms with E-state index in [2.05, 4.69) is 9.72 Å². The van der Waals surface area contributed by atoms with Crippen LogP contribution in [-0.4, -0.2) is 18.1 Å². The van der Waals surface area contributed by atoms with Crippen LogP contribution in [-0.2, 0) is 4.74 Å². The van der Waals surface area contributed by atoms with Crippen LogP contribution in [0.2, 0.25) is 10.0 Å². The lowest BCUT2D eigenvalue weighted by Gasteiger charge is -2.11. The number of ether oxygens (including phenoxy) is 2. The lowest BCUT2D eigenvalue weighted by molar-refractivity contribution is 0.0601. The number of carbonyl (C=O) groups is 1. The molecule has 1 heterocycles. The van der Waals surface area contributed by atoms with Gasteiger partial charge in [0.15, 0.2) is 0 Å². The molecule has 0 aliphatic rings. The molecule has 20 heavy (non-hydrogen) atoms. The maximum absolute atomic E-state index is 11.5. The standard InChI is InChI=1S/C13H10Cl2N2O3/c1-19-13(18)7-5-6-17-12(11(7)16)20-9-4-2-3-8(14)10(9)15/h2-6H,16H2,1H3. The topological polar surface area (TPSA) is 74.4 Å². The average Bonchev–Trinajstić information content (AvgIpc) is 2.45. The van der Waals surface area contributed by atoms with E-state index in [1.165, 1.54) is 19.4 Å². The molecule has 0 bridgehead atoms. The second-order valence-corrected chi connectivity index (χ2v) is 4.51. The van der Waals surface area contributed by atoms with Gasteiger partial charge in [0.25, 0.3) is 0 Å². The molecule has 1 aromatic carbocycles. The van der Waals surface area contributed by atoms with Crippen LogP contribution in [0.5, 0.6) is 11.6 Å². The van der Waals surface area contributed by atoms with Gasteiger partial charge in [-0.15, -0.1) is 0 Å². The molecule has 0 aliphatic carbocycles. The van der Waals surface area contributed by atoms with Crippen molar-refractivity contribution in [1.82, 2.24) is 4.98 Å². The zero-order chi connectivity index (χ0) is 14.7. The number of hydrogen-bond donors (Lipinski definition) is 1. The van der Waals surface area contributed by atoms with E-state index in [0.29, 0.717) is 10.8 Å². The van der Waals surface area contributed by atoms with Crippen molar-refractivity contribution < 1.29 is 14.3 Å². The maximum Gasteiger partial charge on any atom is 0.340 e. The molecule has 0 atom stereocenters. The van der Waals surface area contributed by atoms with Crippen molar-refractivity contribution >= 4 is 34.9 Å². The van der Waals surface area contributed by atoms with Crippen LogP contribution < -0.4 is 10.5 Å². The van der Waals surface area contributed by atoms with Gasteiger partial charge in [-0.2, -0.15) is 0 Å². The molecule has 5 nitrogen and oxygen atoms in total. The van der Waals surface area contributed by atoms with Crippen LogP contribution in [0, 0.1) is 0 Å². The molecule has 2 rings (SSSR count). The van der Waals surface area contributed by atoms with Gasteiger partial charge >= 0.3 is 5.97 Å². The van der Waals surface area contributed by atoms with Gasteiger partial charge in [-0.25, -0.2) is 9.78 Å². The molecule has 2 aromatic rings. The number of carbonyl (C=O) groups excluding carboxylic acids is 1. The van der Waals surface area contributed by atoms with E-state index < -0.39 is 5.97 Å². The highest BCUT2D eigenvalue weighted by Gasteiger charge is 2.16. The molecule has 0 spiro atoms. The Hall–Kier alpha value is -1.98. The van der Waals surface area contributed by atoms with E-state index in [9.17, 15) is 4.79 Å². The average molecular weight is 313 g/mol. The monoisotopic (exact) mass is 312 g/mol. The normalized spacial score (nSPS) is 10.2. The number of nitrogens with two attached hydrogens (primary N) is 1. The third-order valence-corrected chi connectivity index (χ3v) is 3.28. The summed E-state index contributed by atoms with van der Waals surface area (Å²) in [5.41, 5.74) is 6.06. The van der Waals surface area contributed by atoms with E-state index >= 15 is 0 Å². The van der Waals surface area contributed by atoms with Crippen molar-refractivity contribution in [2.45, 2.75) is 0 Å². The largest absolute Gasteiger partial charge is 0.465 e. The molecule has 104 valence electrons. The fourth-order valence-corrected chi connectivity index (χ4v) is 1.82. The van der Waals surface area contributed by atoms with Crippen LogP contribution in [0.25, 0.3) is 0 Å². The smallest absolute Gasteiger partial charge is 0.340 e. The molecular formula is C13H10Cl2N2O3. The number of benzene rings is 1. The van der Waals surface area contributed by atoms with E-state index in [4.69, 9.17) is 33.7 Å². The summed E-state index contributed by atoms with van der Waals surface area (Å²) in [6, 6.07) is 6.34. The summed E-state index contributed by atoms with van der Waals surface area (Å²) in [6.07, 6.45) is 1.39. The molecular weight excluding hydrogens is 303 g/mol. The number of rotatable bonds is 3. The third kappa shape index (κ3) is 2.79. The third-order valence-electron chi connectivity index (χ3n) is 2.48. The highest BCUT2D eigenvalue weighted by atomic mass is 35.5. The molecule has 7 heteroatoms. The molecule has 0 radical (unpaired) electrons. The fourth-order valence-electron chi connectivity index (χ4n) is 1.49. The van der Waals surface area contributed by atoms with Crippen LogP contribution in [0.1, 0.15) is 10.4 Å². The molecule has 0 fully saturated rings. The number of esters is 1. The Kier molecular flexibility index (Phi) is 4.32. The number of nitrogen functional groups attached to an aromatic ring is 1. The second-order valence-electron chi connectivity index (χ2n) is 3.72. The van der Waals surface area contributed by atoms with Gasteiger partial charge in [-0.05, 0) is 18.2 Å². The Morgan fingerprint density at radius 3 is 2.75 bits per heavy atom. The van der Waals surface area contributed by atoms with Gasteiger partial charge in [0.2, 0.25) is 5.88 Å². The quantitative estimate of drug-likeness (QED) is 0.877. The second kappa shape index (κ2) is 5.98. The number of methoxy groups -OCH3 is 1.